The molecule has 0 atom stereocenters. The van der Waals surface area contributed by atoms with E-state index in [2.05, 4.69) is 325 Å². The predicted octanol–water partition coefficient (Wildman–Crippen LogP) is 19.9. The average molecular weight is 1140 g/mol. The first kappa shape index (κ1) is 52.8. The van der Waals surface area contributed by atoms with E-state index in [4.69, 9.17) is 0 Å². The first-order valence-electron chi connectivity index (χ1n) is 31.6. The molecule has 0 N–H and O–H groups in total. The summed E-state index contributed by atoms with van der Waals surface area (Å²) in [5.41, 5.74) is 27.2. The molecule has 88 heavy (non-hydrogen) atoms. The summed E-state index contributed by atoms with van der Waals surface area (Å²) in [4.78, 5) is 2.55. The highest BCUT2D eigenvalue weighted by Crippen LogP contribution is 2.47. The molecular weight excluding hydrogens is 1070 g/mol. The van der Waals surface area contributed by atoms with Crippen molar-refractivity contribution in [1.82, 2.24) is 18.3 Å². The Morgan fingerprint density at radius 2 is 0.648 bits per heavy atom. The van der Waals surface area contributed by atoms with E-state index >= 15 is 0 Å². The van der Waals surface area contributed by atoms with E-state index in [0.717, 1.165) is 28.4 Å². The Labute approximate surface area is 515 Å². The molecule has 17 rings (SSSR count). The van der Waals surface area contributed by atoms with E-state index in [-0.39, 0.29) is 28.4 Å². The lowest BCUT2D eigenvalue weighted by Gasteiger charge is -2.37. The van der Waals surface area contributed by atoms with E-state index in [1.807, 2.05) is 0 Å². The highest BCUT2D eigenvalue weighted by Gasteiger charge is 2.42. The topological polar surface area (TPSA) is 23.0 Å². The van der Waals surface area contributed by atoms with Crippen LogP contribution in [0.3, 0.4) is 0 Å². The van der Waals surface area contributed by atoms with Gasteiger partial charge in [-0.25, -0.2) is 0 Å². The molecule has 0 bridgehead atoms. The van der Waals surface area contributed by atoms with Gasteiger partial charge in [-0.1, -0.05) is 180 Å². The molecule has 0 radical (unpaired) electrons. The van der Waals surface area contributed by atoms with Crippen LogP contribution in [-0.2, 0) is 21.7 Å². The number of rotatable bonds is 5. The van der Waals surface area contributed by atoms with Crippen LogP contribution in [0.25, 0.3) is 110 Å². The van der Waals surface area contributed by atoms with Crippen molar-refractivity contribution in [3.8, 4) is 22.7 Å². The van der Waals surface area contributed by atoms with Gasteiger partial charge >= 0.3 is 0 Å². The second-order valence-corrected chi connectivity index (χ2v) is 29.5. The Bertz CT molecular complexity index is 5140. The summed E-state index contributed by atoms with van der Waals surface area (Å²) in [6, 6.07) is 84.4. The molecule has 2 aliphatic heterocycles. The first-order valence-corrected chi connectivity index (χ1v) is 31.6. The molecule has 0 saturated heterocycles. The molecule has 4 aromatic heterocycles. The third-order valence-electron chi connectivity index (χ3n) is 20.0. The number of anilines is 3. The second-order valence-electron chi connectivity index (χ2n) is 29.5. The maximum atomic E-state index is 2.63. The van der Waals surface area contributed by atoms with Crippen LogP contribution in [0.4, 0.5) is 17.1 Å². The highest BCUT2D eigenvalue weighted by atomic mass is 15.2. The zero-order valence-electron chi connectivity index (χ0n) is 52.6. The van der Waals surface area contributed by atoms with Crippen LogP contribution in [-0.4, -0.2) is 25.0 Å². The Morgan fingerprint density at radius 1 is 0.295 bits per heavy atom. The quantitative estimate of drug-likeness (QED) is 0.158. The van der Waals surface area contributed by atoms with Crippen LogP contribution in [0.5, 0.6) is 0 Å². The Kier molecular flexibility index (Phi) is 10.8. The molecule has 428 valence electrons. The van der Waals surface area contributed by atoms with Crippen LogP contribution in [0.15, 0.2) is 218 Å². The third-order valence-corrected chi connectivity index (χ3v) is 20.0. The van der Waals surface area contributed by atoms with Gasteiger partial charge in [-0.05, 0) is 182 Å². The third kappa shape index (κ3) is 7.47. The van der Waals surface area contributed by atoms with Crippen molar-refractivity contribution in [2.24, 2.45) is 0 Å². The zero-order valence-corrected chi connectivity index (χ0v) is 52.6. The predicted molar refractivity (Wildman–Crippen MR) is 378 cm³/mol. The molecule has 6 heterocycles. The number of fused-ring (bicyclic) bond motifs is 16. The van der Waals surface area contributed by atoms with Crippen molar-refractivity contribution >= 4 is 127 Å². The molecule has 11 aromatic carbocycles. The van der Waals surface area contributed by atoms with Gasteiger partial charge in [0.15, 0.2) is 0 Å². The zero-order chi connectivity index (χ0) is 60.2. The van der Waals surface area contributed by atoms with E-state index in [0.29, 0.717) is 0 Å². The lowest BCUT2D eigenvalue weighted by molar-refractivity contribution is 0.590. The standard InChI is InChI=1S/C82H72BN5/c1-79(2,3)49-27-39-69-61(45-49)62-46-50(80(4,5)6)28-40-70(62)85(69)55-35-31-53(32-36-55)84(54-33-37-56(38-34-54)86-71-41-29-51(81(7,8)9)47-63(71)64-48-52(82(10,11)12)30-42-72(64)86)74-44-43-73-75-78(74)88-68-26-16-14-20-58(68)60-22-18-24-66(77(60)88)83(75)65-23-17-21-59-57-19-13-15-25-67(57)87(73)76(59)65/h13-48H,1-12H3. The normalized spacial score (nSPS) is 13.4. The molecule has 6 heteroatoms. The smallest absolute Gasteiger partial charge is 0.252 e. The van der Waals surface area contributed by atoms with Gasteiger partial charge in [0.1, 0.15) is 0 Å². The van der Waals surface area contributed by atoms with Crippen molar-refractivity contribution in [2.75, 3.05) is 4.90 Å². The minimum atomic E-state index is -0.0154. The second kappa shape index (κ2) is 18.0. The maximum absolute atomic E-state index is 2.63. The van der Waals surface area contributed by atoms with Gasteiger partial charge in [0.2, 0.25) is 0 Å². The summed E-state index contributed by atoms with van der Waals surface area (Å²) >= 11 is 0. The van der Waals surface area contributed by atoms with Crippen LogP contribution < -0.4 is 21.3 Å². The molecular formula is C82H72BN5. The molecule has 0 saturated carbocycles. The monoisotopic (exact) mass is 1140 g/mol. The molecule has 0 spiro atoms. The average Bonchev–Trinajstić information content (AvgIpc) is 1.40. The molecule has 0 fully saturated rings. The van der Waals surface area contributed by atoms with Gasteiger partial charge in [-0.3, -0.25) is 0 Å². The maximum Gasteiger partial charge on any atom is 0.252 e. The molecule has 0 aliphatic carbocycles. The van der Waals surface area contributed by atoms with Gasteiger partial charge in [0.05, 0.1) is 44.5 Å². The number of hydrogen-bond acceptors (Lipinski definition) is 1. The van der Waals surface area contributed by atoms with Crippen molar-refractivity contribution in [2.45, 2.75) is 105 Å². The van der Waals surface area contributed by atoms with E-state index in [1.165, 1.54) is 137 Å². The first-order chi connectivity index (χ1) is 42.2. The van der Waals surface area contributed by atoms with Crippen LogP contribution in [0.2, 0.25) is 0 Å². The summed E-state index contributed by atoms with van der Waals surface area (Å²) in [7, 11) is 0. The van der Waals surface area contributed by atoms with Crippen molar-refractivity contribution in [3.63, 3.8) is 0 Å². The molecule has 2 aliphatic rings. The lowest BCUT2D eigenvalue weighted by Crippen LogP contribution is -2.59. The number of nitrogens with zero attached hydrogens (tertiary/aromatic N) is 5. The van der Waals surface area contributed by atoms with Crippen molar-refractivity contribution in [1.29, 1.82) is 0 Å². The number of hydrogen-bond donors (Lipinski definition) is 0. The largest absolute Gasteiger partial charge is 0.310 e. The Hall–Kier alpha value is -9.52. The molecule has 5 nitrogen and oxygen atoms in total. The van der Waals surface area contributed by atoms with Gasteiger partial charge in [0, 0.05) is 82.6 Å². The molecule has 15 aromatic rings. The molecule has 0 unspecified atom stereocenters. The summed E-state index contributed by atoms with van der Waals surface area (Å²) in [5.74, 6) is 0. The number of aromatic nitrogens is 4. The van der Waals surface area contributed by atoms with Gasteiger partial charge in [-0.2, -0.15) is 0 Å². The van der Waals surface area contributed by atoms with Gasteiger partial charge < -0.3 is 23.2 Å². The lowest BCUT2D eigenvalue weighted by atomic mass is 9.34. The summed E-state index contributed by atoms with van der Waals surface area (Å²) in [5, 5.41) is 10.3. The minimum Gasteiger partial charge on any atom is -0.310 e. The van der Waals surface area contributed by atoms with Crippen LogP contribution in [0, 0.1) is 0 Å². The van der Waals surface area contributed by atoms with E-state index in [9.17, 15) is 0 Å². The Morgan fingerprint density at radius 3 is 1.05 bits per heavy atom. The molecule has 0 amide bonds. The van der Waals surface area contributed by atoms with Gasteiger partial charge in [-0.15, -0.1) is 0 Å². The van der Waals surface area contributed by atoms with Gasteiger partial charge in [0.25, 0.3) is 6.71 Å². The summed E-state index contributed by atoms with van der Waals surface area (Å²) in [6.45, 7) is 27.8. The van der Waals surface area contributed by atoms with E-state index < -0.39 is 0 Å². The fourth-order valence-electron chi connectivity index (χ4n) is 15.4. The van der Waals surface area contributed by atoms with Crippen molar-refractivity contribution in [3.05, 3.63) is 241 Å². The van der Waals surface area contributed by atoms with E-state index in [1.54, 1.807) is 0 Å². The number of benzene rings is 11. The SMILES string of the molecule is CC(C)(C)c1ccc2c(c1)c1cc(C(C)(C)C)ccc1n2-c1ccc(N(c2ccc(-n3c4ccc(C(C)(C)C)cc4c4cc(C(C)(C)C)ccc43)cc2)c2ccc3c4c2-n2c5ccccc5c5cccc(c52)B4c2cccc4c5ccccc5n-3c24)cc1. The summed E-state index contributed by atoms with van der Waals surface area (Å²) < 4.78 is 10.2. The fraction of sp³-hybridized carbons (Fsp3) is 0.195. The van der Waals surface area contributed by atoms with Crippen LogP contribution >= 0.6 is 0 Å². The highest BCUT2D eigenvalue weighted by molar-refractivity contribution is 7.00. The fourth-order valence-corrected chi connectivity index (χ4v) is 15.4. The minimum absolute atomic E-state index is 0.00540. The number of para-hydroxylation sites is 4. The van der Waals surface area contributed by atoms with Crippen molar-refractivity contribution < 1.29 is 0 Å². The summed E-state index contributed by atoms with van der Waals surface area (Å²) in [6.07, 6.45) is 0. The Balaban J connectivity index is 0.926. The van der Waals surface area contributed by atoms with Crippen LogP contribution in [0.1, 0.15) is 105 Å².